The van der Waals surface area contributed by atoms with Gasteiger partial charge in [-0.3, -0.25) is 0 Å². The highest BCUT2D eigenvalue weighted by Crippen LogP contribution is 2.31. The Morgan fingerprint density at radius 3 is 2.39 bits per heavy atom. The maximum absolute atomic E-state index is 6.02. The van der Waals surface area contributed by atoms with E-state index < -0.39 is 0 Å². The SMILES string of the molecule is CCNC(=NCC(C)Oc1ccccc1OC)NCC1CCN(c2ccccc2OC)C1.I. The molecule has 1 aliphatic heterocycles. The van der Waals surface area contributed by atoms with Crippen LogP contribution in [0.2, 0.25) is 0 Å². The van der Waals surface area contributed by atoms with E-state index >= 15 is 0 Å². The van der Waals surface area contributed by atoms with Gasteiger partial charge in [-0.1, -0.05) is 24.3 Å². The number of nitrogens with one attached hydrogen (secondary N) is 2. The first-order chi connectivity index (χ1) is 15.6. The van der Waals surface area contributed by atoms with Crippen LogP contribution in [-0.4, -0.2) is 59.0 Å². The zero-order valence-corrected chi connectivity index (χ0v) is 22.4. The predicted octanol–water partition coefficient (Wildman–Crippen LogP) is 4.17. The van der Waals surface area contributed by atoms with Gasteiger partial charge in [-0.05, 0) is 50.5 Å². The summed E-state index contributed by atoms with van der Waals surface area (Å²) in [7, 11) is 3.38. The highest BCUT2D eigenvalue weighted by atomic mass is 127. The fourth-order valence-corrected chi connectivity index (χ4v) is 3.88. The number of guanidine groups is 1. The molecule has 0 bridgehead atoms. The Labute approximate surface area is 214 Å². The van der Waals surface area contributed by atoms with Crippen LogP contribution in [0.1, 0.15) is 20.3 Å². The van der Waals surface area contributed by atoms with E-state index in [1.807, 2.05) is 43.3 Å². The molecule has 2 aromatic rings. The molecule has 0 spiro atoms. The molecule has 1 aliphatic rings. The van der Waals surface area contributed by atoms with Gasteiger partial charge in [-0.15, -0.1) is 24.0 Å². The number of aliphatic imine (C=N–C) groups is 1. The molecule has 1 fully saturated rings. The summed E-state index contributed by atoms with van der Waals surface area (Å²) in [6.45, 7) is 8.35. The van der Waals surface area contributed by atoms with Crippen LogP contribution in [0.3, 0.4) is 0 Å². The van der Waals surface area contributed by atoms with E-state index in [0.717, 1.165) is 55.8 Å². The van der Waals surface area contributed by atoms with Crippen molar-refractivity contribution in [3.63, 3.8) is 0 Å². The summed E-state index contributed by atoms with van der Waals surface area (Å²) < 4.78 is 16.9. The number of hydrogen-bond donors (Lipinski definition) is 2. The first-order valence-corrected chi connectivity index (χ1v) is 11.3. The predicted molar refractivity (Wildman–Crippen MR) is 146 cm³/mol. The molecule has 0 radical (unpaired) electrons. The van der Waals surface area contributed by atoms with Crippen molar-refractivity contribution in [3.8, 4) is 17.2 Å². The largest absolute Gasteiger partial charge is 0.495 e. The van der Waals surface area contributed by atoms with E-state index in [1.165, 1.54) is 5.69 Å². The van der Waals surface area contributed by atoms with Crippen LogP contribution >= 0.6 is 24.0 Å². The van der Waals surface area contributed by atoms with Crippen molar-refractivity contribution in [1.82, 2.24) is 10.6 Å². The normalized spacial score (nSPS) is 16.5. The summed E-state index contributed by atoms with van der Waals surface area (Å²) in [5.41, 5.74) is 1.17. The van der Waals surface area contributed by atoms with E-state index in [9.17, 15) is 0 Å². The average molecular weight is 569 g/mol. The Kier molecular flexibility index (Phi) is 11.4. The second-order valence-electron chi connectivity index (χ2n) is 7.95. The fourth-order valence-electron chi connectivity index (χ4n) is 3.88. The molecule has 0 amide bonds. The third-order valence-corrected chi connectivity index (χ3v) is 5.52. The molecule has 8 heteroatoms. The lowest BCUT2D eigenvalue weighted by Gasteiger charge is -2.21. The fraction of sp³-hybridized carbons (Fsp3) is 0.480. The monoisotopic (exact) mass is 568 g/mol. The minimum Gasteiger partial charge on any atom is -0.495 e. The van der Waals surface area contributed by atoms with E-state index in [-0.39, 0.29) is 30.1 Å². The molecule has 3 rings (SSSR count). The number of para-hydroxylation sites is 4. The summed E-state index contributed by atoms with van der Waals surface area (Å²) in [6, 6.07) is 15.9. The van der Waals surface area contributed by atoms with Crippen molar-refractivity contribution >= 4 is 35.6 Å². The van der Waals surface area contributed by atoms with Gasteiger partial charge in [0.05, 0.1) is 26.5 Å². The molecule has 7 nitrogen and oxygen atoms in total. The van der Waals surface area contributed by atoms with E-state index in [1.54, 1.807) is 14.2 Å². The summed E-state index contributed by atoms with van der Waals surface area (Å²) in [4.78, 5) is 7.13. The van der Waals surface area contributed by atoms with Gasteiger partial charge in [0, 0.05) is 26.2 Å². The number of rotatable bonds is 10. The van der Waals surface area contributed by atoms with Gasteiger partial charge >= 0.3 is 0 Å². The Morgan fingerprint density at radius 1 is 1.03 bits per heavy atom. The lowest BCUT2D eigenvalue weighted by molar-refractivity contribution is 0.219. The van der Waals surface area contributed by atoms with Gasteiger partial charge in [-0.25, -0.2) is 4.99 Å². The summed E-state index contributed by atoms with van der Waals surface area (Å²) in [6.07, 6.45) is 1.06. The van der Waals surface area contributed by atoms with Crippen LogP contribution in [-0.2, 0) is 0 Å². The Morgan fingerprint density at radius 2 is 1.70 bits per heavy atom. The highest BCUT2D eigenvalue weighted by Gasteiger charge is 2.24. The molecule has 2 unspecified atom stereocenters. The Hall–Kier alpha value is -2.36. The quantitative estimate of drug-likeness (QED) is 0.255. The van der Waals surface area contributed by atoms with Gasteiger partial charge in [0.1, 0.15) is 11.9 Å². The van der Waals surface area contributed by atoms with Crippen molar-refractivity contribution in [3.05, 3.63) is 48.5 Å². The topological polar surface area (TPSA) is 67.4 Å². The van der Waals surface area contributed by atoms with Crippen LogP contribution in [0.25, 0.3) is 0 Å². The molecule has 33 heavy (non-hydrogen) atoms. The van der Waals surface area contributed by atoms with Gasteiger partial charge < -0.3 is 29.7 Å². The van der Waals surface area contributed by atoms with Gasteiger partial charge in [0.15, 0.2) is 17.5 Å². The second-order valence-corrected chi connectivity index (χ2v) is 7.95. The summed E-state index contributed by atoms with van der Waals surface area (Å²) in [5, 5.41) is 6.84. The minimum atomic E-state index is -0.0747. The van der Waals surface area contributed by atoms with E-state index in [2.05, 4.69) is 34.6 Å². The number of hydrogen-bond acceptors (Lipinski definition) is 5. The van der Waals surface area contributed by atoms with Crippen molar-refractivity contribution in [2.24, 2.45) is 10.9 Å². The zero-order valence-electron chi connectivity index (χ0n) is 20.0. The van der Waals surface area contributed by atoms with E-state index in [4.69, 9.17) is 19.2 Å². The smallest absolute Gasteiger partial charge is 0.191 e. The van der Waals surface area contributed by atoms with Crippen molar-refractivity contribution in [2.45, 2.75) is 26.4 Å². The maximum atomic E-state index is 6.02. The molecule has 182 valence electrons. The molecule has 1 heterocycles. The van der Waals surface area contributed by atoms with Gasteiger partial charge in [0.25, 0.3) is 0 Å². The van der Waals surface area contributed by atoms with Crippen molar-refractivity contribution in [1.29, 1.82) is 0 Å². The van der Waals surface area contributed by atoms with Gasteiger partial charge in [0.2, 0.25) is 0 Å². The molecular weight excluding hydrogens is 531 g/mol. The Bertz CT molecular complexity index is 880. The molecule has 2 atom stereocenters. The number of nitrogens with zero attached hydrogens (tertiary/aromatic N) is 2. The van der Waals surface area contributed by atoms with Crippen molar-refractivity contribution < 1.29 is 14.2 Å². The second kappa shape index (κ2) is 14.0. The van der Waals surface area contributed by atoms with Gasteiger partial charge in [-0.2, -0.15) is 0 Å². The number of methoxy groups -OCH3 is 2. The summed E-state index contributed by atoms with van der Waals surface area (Å²) >= 11 is 0. The Balaban J connectivity index is 0.00000385. The molecule has 0 aromatic heterocycles. The molecule has 2 N–H and O–H groups in total. The first kappa shape index (κ1) is 26.9. The maximum Gasteiger partial charge on any atom is 0.191 e. The lowest BCUT2D eigenvalue weighted by atomic mass is 10.1. The van der Waals surface area contributed by atoms with Crippen LogP contribution in [0, 0.1) is 5.92 Å². The number of ether oxygens (including phenoxy) is 3. The van der Waals surface area contributed by atoms with Crippen LogP contribution in [0.4, 0.5) is 5.69 Å². The average Bonchev–Trinajstić information content (AvgIpc) is 3.30. The number of benzene rings is 2. The number of halogens is 1. The third-order valence-electron chi connectivity index (χ3n) is 5.52. The molecular formula is C25H37IN4O3. The highest BCUT2D eigenvalue weighted by molar-refractivity contribution is 14.0. The lowest BCUT2D eigenvalue weighted by Crippen LogP contribution is -2.41. The van der Waals surface area contributed by atoms with E-state index in [0.29, 0.717) is 12.5 Å². The molecule has 0 saturated carbocycles. The third kappa shape index (κ3) is 7.87. The van der Waals surface area contributed by atoms with Crippen LogP contribution in [0.15, 0.2) is 53.5 Å². The van der Waals surface area contributed by atoms with Crippen LogP contribution < -0.4 is 29.7 Å². The van der Waals surface area contributed by atoms with Crippen LogP contribution in [0.5, 0.6) is 17.2 Å². The summed E-state index contributed by atoms with van der Waals surface area (Å²) in [5.74, 6) is 3.76. The molecule has 1 saturated heterocycles. The number of anilines is 1. The minimum absolute atomic E-state index is 0. The first-order valence-electron chi connectivity index (χ1n) is 11.3. The molecule has 0 aliphatic carbocycles. The zero-order chi connectivity index (χ0) is 22.8. The van der Waals surface area contributed by atoms with Crippen molar-refractivity contribution in [2.75, 3.05) is 51.8 Å². The molecule has 2 aromatic carbocycles. The standard InChI is InChI=1S/C25H36N4O3.HI/c1-5-26-25(27-16-19(2)32-24-13-9-8-12-23(24)31-4)28-17-20-14-15-29(18-20)21-10-6-7-11-22(21)30-3;/h6-13,19-20H,5,14-18H2,1-4H3,(H2,26,27,28);1H.